The molecule has 0 bridgehead atoms. The lowest BCUT2D eigenvalue weighted by molar-refractivity contribution is -0.141. The molecule has 0 atom stereocenters. The van der Waals surface area contributed by atoms with Gasteiger partial charge < -0.3 is 9.73 Å². The van der Waals surface area contributed by atoms with Crippen LogP contribution in [0.25, 0.3) is 11.0 Å². The maximum absolute atomic E-state index is 12.6. The van der Waals surface area contributed by atoms with Crippen LogP contribution in [-0.4, -0.2) is 21.3 Å². The van der Waals surface area contributed by atoms with Crippen LogP contribution < -0.4 is 5.32 Å². The quantitative estimate of drug-likeness (QED) is 0.802. The van der Waals surface area contributed by atoms with Gasteiger partial charge in [-0.15, -0.1) is 0 Å². The van der Waals surface area contributed by atoms with Crippen molar-refractivity contribution >= 4 is 16.8 Å². The Morgan fingerprint density at radius 2 is 2.14 bits per heavy atom. The summed E-state index contributed by atoms with van der Waals surface area (Å²) in [4.78, 5) is 4.20. The number of hydrogen-bond acceptors (Lipinski definition) is 4. The number of fused-ring (bicyclic) bond motifs is 1. The molecule has 0 aromatic carbocycles. The number of nitrogens with one attached hydrogen (secondary N) is 1. The molecule has 8 heteroatoms. The molecule has 0 saturated carbocycles. The predicted octanol–water partition coefficient (Wildman–Crippen LogP) is 3.46. The minimum Gasteiger partial charge on any atom is -0.464 e. The van der Waals surface area contributed by atoms with Crippen LogP contribution in [0.1, 0.15) is 11.4 Å². The molecule has 0 spiro atoms. The lowest BCUT2D eigenvalue weighted by atomic mass is 10.3. The molecule has 5 nitrogen and oxygen atoms in total. The Morgan fingerprint density at radius 3 is 2.86 bits per heavy atom. The van der Waals surface area contributed by atoms with E-state index in [1.54, 1.807) is 31.5 Å². The summed E-state index contributed by atoms with van der Waals surface area (Å²) in [7, 11) is 0. The van der Waals surface area contributed by atoms with E-state index in [4.69, 9.17) is 4.42 Å². The van der Waals surface area contributed by atoms with Crippen molar-refractivity contribution in [3.05, 3.63) is 42.0 Å². The van der Waals surface area contributed by atoms with E-state index in [9.17, 15) is 13.2 Å². The fourth-order valence-corrected chi connectivity index (χ4v) is 2.19. The second-order valence-electron chi connectivity index (χ2n) is 4.81. The van der Waals surface area contributed by atoms with Gasteiger partial charge in [-0.1, -0.05) is 0 Å². The second kappa shape index (κ2) is 5.36. The van der Waals surface area contributed by atoms with E-state index in [1.807, 2.05) is 0 Å². The number of aromatic nitrogens is 3. The van der Waals surface area contributed by atoms with E-state index in [1.165, 1.54) is 4.68 Å². The van der Waals surface area contributed by atoms with Gasteiger partial charge >= 0.3 is 6.18 Å². The Kier molecular flexibility index (Phi) is 3.51. The zero-order valence-electron chi connectivity index (χ0n) is 11.7. The van der Waals surface area contributed by atoms with Crippen molar-refractivity contribution in [2.24, 2.45) is 0 Å². The summed E-state index contributed by atoms with van der Waals surface area (Å²) in [6.07, 6.45) is -1.26. The minimum absolute atomic E-state index is 0.303. The van der Waals surface area contributed by atoms with Crippen LogP contribution in [0.3, 0.4) is 0 Å². The molecule has 0 aliphatic rings. The highest BCUT2D eigenvalue weighted by Crippen LogP contribution is 2.28. The summed E-state index contributed by atoms with van der Waals surface area (Å²) in [5, 5.41) is 7.49. The van der Waals surface area contributed by atoms with Crippen LogP contribution in [0.15, 0.2) is 35.1 Å². The minimum atomic E-state index is -4.42. The van der Waals surface area contributed by atoms with Gasteiger partial charge in [0.25, 0.3) is 0 Å². The number of rotatable bonds is 4. The average Bonchev–Trinajstić information content (AvgIpc) is 3.06. The van der Waals surface area contributed by atoms with Crippen molar-refractivity contribution in [2.75, 3.05) is 11.9 Å². The Labute approximate surface area is 123 Å². The fraction of sp³-hybridized carbons (Fsp3) is 0.286. The van der Waals surface area contributed by atoms with Gasteiger partial charge in [0.2, 0.25) is 0 Å². The van der Waals surface area contributed by atoms with Crippen molar-refractivity contribution in [1.82, 2.24) is 14.8 Å². The van der Waals surface area contributed by atoms with Crippen LogP contribution in [-0.2, 0) is 12.7 Å². The molecule has 116 valence electrons. The van der Waals surface area contributed by atoms with Crippen molar-refractivity contribution in [1.29, 1.82) is 0 Å². The van der Waals surface area contributed by atoms with E-state index in [0.29, 0.717) is 30.2 Å². The summed E-state index contributed by atoms with van der Waals surface area (Å²) in [5.74, 6) is 0.632. The second-order valence-corrected chi connectivity index (χ2v) is 4.81. The van der Waals surface area contributed by atoms with Gasteiger partial charge in [0.05, 0.1) is 18.2 Å². The van der Waals surface area contributed by atoms with Crippen LogP contribution >= 0.6 is 0 Å². The normalized spacial score (nSPS) is 12.0. The lowest BCUT2D eigenvalue weighted by Crippen LogP contribution is -2.14. The van der Waals surface area contributed by atoms with Crippen molar-refractivity contribution in [2.45, 2.75) is 19.6 Å². The summed E-state index contributed by atoms with van der Waals surface area (Å²) >= 11 is 0. The van der Waals surface area contributed by atoms with Gasteiger partial charge in [-0.2, -0.15) is 18.3 Å². The van der Waals surface area contributed by atoms with Gasteiger partial charge in [-0.05, 0) is 25.1 Å². The number of hydrogen-bond donors (Lipinski definition) is 1. The number of halogens is 3. The summed E-state index contributed by atoms with van der Waals surface area (Å²) in [5.41, 5.74) is 0.288. The van der Waals surface area contributed by atoms with E-state index in [-0.39, 0.29) is 0 Å². The Balaban J connectivity index is 1.69. The zero-order valence-corrected chi connectivity index (χ0v) is 11.7. The maximum atomic E-state index is 12.6. The third-order valence-electron chi connectivity index (χ3n) is 3.27. The highest BCUT2D eigenvalue weighted by atomic mass is 19.4. The van der Waals surface area contributed by atoms with Gasteiger partial charge in [-0.25, -0.2) is 4.98 Å². The number of nitrogens with zero attached hydrogens (tertiary/aromatic N) is 3. The molecule has 3 heterocycles. The fourth-order valence-electron chi connectivity index (χ4n) is 2.19. The molecule has 0 radical (unpaired) electrons. The smallest absolute Gasteiger partial charge is 0.435 e. The molecular weight excluding hydrogens is 297 g/mol. The molecule has 0 aliphatic heterocycles. The molecule has 1 N–H and O–H groups in total. The number of anilines is 1. The lowest BCUT2D eigenvalue weighted by Gasteiger charge is -2.08. The van der Waals surface area contributed by atoms with E-state index in [2.05, 4.69) is 15.4 Å². The van der Waals surface area contributed by atoms with E-state index < -0.39 is 11.9 Å². The Morgan fingerprint density at radius 1 is 1.32 bits per heavy atom. The summed E-state index contributed by atoms with van der Waals surface area (Å²) in [6, 6.07) is 4.56. The van der Waals surface area contributed by atoms with Gasteiger partial charge in [0.15, 0.2) is 5.69 Å². The van der Waals surface area contributed by atoms with Gasteiger partial charge in [0.1, 0.15) is 11.4 Å². The Bertz CT molecular complexity index is 791. The molecule has 0 amide bonds. The first-order valence-corrected chi connectivity index (χ1v) is 6.63. The highest BCUT2D eigenvalue weighted by molar-refractivity contribution is 5.87. The summed E-state index contributed by atoms with van der Waals surface area (Å²) in [6.45, 7) is 2.30. The number of furan rings is 1. The standard InChI is InChI=1S/C14H13F3N4O/c1-9-8-12(14(15,16)17)20-21(9)6-5-19-13-10-3-7-22-11(10)2-4-18-13/h2-4,7-8H,5-6H2,1H3,(H,18,19). The van der Waals surface area contributed by atoms with Crippen LogP contribution in [0.4, 0.5) is 19.0 Å². The third-order valence-corrected chi connectivity index (χ3v) is 3.27. The molecule has 0 saturated heterocycles. The third kappa shape index (κ3) is 2.76. The number of alkyl halides is 3. The SMILES string of the molecule is Cc1cc(C(F)(F)F)nn1CCNc1nccc2occc12. The largest absolute Gasteiger partial charge is 0.464 e. The van der Waals surface area contributed by atoms with Crippen molar-refractivity contribution in [3.63, 3.8) is 0 Å². The molecular formula is C14H13F3N4O. The topological polar surface area (TPSA) is 55.9 Å². The summed E-state index contributed by atoms with van der Waals surface area (Å²) < 4.78 is 44.4. The number of pyridine rings is 1. The van der Waals surface area contributed by atoms with Gasteiger partial charge in [-0.3, -0.25) is 4.68 Å². The molecule has 0 fully saturated rings. The van der Waals surface area contributed by atoms with Crippen molar-refractivity contribution < 1.29 is 17.6 Å². The monoisotopic (exact) mass is 310 g/mol. The zero-order chi connectivity index (χ0) is 15.7. The highest BCUT2D eigenvalue weighted by Gasteiger charge is 2.34. The molecule has 0 unspecified atom stereocenters. The average molecular weight is 310 g/mol. The first-order valence-electron chi connectivity index (χ1n) is 6.63. The molecule has 0 aliphatic carbocycles. The molecule has 3 rings (SSSR count). The first kappa shape index (κ1) is 14.4. The van der Waals surface area contributed by atoms with E-state index in [0.717, 1.165) is 11.5 Å². The van der Waals surface area contributed by atoms with Crippen LogP contribution in [0.5, 0.6) is 0 Å². The van der Waals surface area contributed by atoms with E-state index >= 15 is 0 Å². The van der Waals surface area contributed by atoms with Gasteiger partial charge in [0, 0.05) is 18.4 Å². The number of aryl methyl sites for hydroxylation is 1. The van der Waals surface area contributed by atoms with Crippen LogP contribution in [0, 0.1) is 6.92 Å². The van der Waals surface area contributed by atoms with Crippen molar-refractivity contribution in [3.8, 4) is 0 Å². The Hall–Kier alpha value is -2.51. The maximum Gasteiger partial charge on any atom is 0.435 e. The van der Waals surface area contributed by atoms with Crippen LogP contribution in [0.2, 0.25) is 0 Å². The first-order chi connectivity index (χ1) is 10.4. The molecule has 3 aromatic rings. The molecule has 22 heavy (non-hydrogen) atoms. The molecule has 3 aromatic heterocycles. The predicted molar refractivity (Wildman–Crippen MR) is 74.5 cm³/mol.